The molecule has 0 radical (unpaired) electrons. The second kappa shape index (κ2) is 5.30. The first-order valence-electron chi connectivity index (χ1n) is 5.60. The normalized spacial score (nSPS) is 11.3. The zero-order valence-corrected chi connectivity index (χ0v) is 12.9. The SMILES string of the molecule is Cc1cccc(S(=O)(=O)Nc2cc(C)c(Br)cn2)c1. The maximum atomic E-state index is 12.2. The lowest BCUT2D eigenvalue weighted by molar-refractivity contribution is 0.601. The highest BCUT2D eigenvalue weighted by atomic mass is 79.9. The number of hydrogen-bond donors (Lipinski definition) is 1. The average Bonchev–Trinajstić information content (AvgIpc) is 2.33. The van der Waals surface area contributed by atoms with E-state index in [2.05, 4.69) is 25.6 Å². The van der Waals surface area contributed by atoms with Crippen LogP contribution in [-0.4, -0.2) is 13.4 Å². The highest BCUT2D eigenvalue weighted by molar-refractivity contribution is 9.10. The summed E-state index contributed by atoms with van der Waals surface area (Å²) in [5.41, 5.74) is 1.81. The van der Waals surface area contributed by atoms with Crippen molar-refractivity contribution in [2.75, 3.05) is 4.72 Å². The largest absolute Gasteiger partial charge is 0.263 e. The number of sulfonamides is 1. The van der Waals surface area contributed by atoms with E-state index < -0.39 is 10.0 Å². The van der Waals surface area contributed by atoms with E-state index in [0.717, 1.165) is 15.6 Å². The minimum atomic E-state index is -3.59. The minimum Gasteiger partial charge on any atom is -0.263 e. The second-order valence-corrected chi connectivity index (χ2v) is 6.78. The first-order valence-corrected chi connectivity index (χ1v) is 7.88. The molecule has 100 valence electrons. The van der Waals surface area contributed by atoms with Gasteiger partial charge in [-0.2, -0.15) is 0 Å². The summed E-state index contributed by atoms with van der Waals surface area (Å²) in [7, 11) is -3.59. The molecule has 2 aromatic rings. The predicted molar refractivity (Wildman–Crippen MR) is 78.7 cm³/mol. The molecule has 0 aliphatic heterocycles. The number of halogens is 1. The number of aromatic nitrogens is 1. The van der Waals surface area contributed by atoms with Gasteiger partial charge in [0.15, 0.2) is 0 Å². The summed E-state index contributed by atoms with van der Waals surface area (Å²) in [6, 6.07) is 8.41. The number of pyridine rings is 1. The summed E-state index contributed by atoms with van der Waals surface area (Å²) in [4.78, 5) is 4.27. The molecule has 1 heterocycles. The highest BCUT2D eigenvalue weighted by Crippen LogP contribution is 2.20. The van der Waals surface area contributed by atoms with E-state index in [-0.39, 0.29) is 4.90 Å². The van der Waals surface area contributed by atoms with E-state index in [1.807, 2.05) is 19.9 Å². The summed E-state index contributed by atoms with van der Waals surface area (Å²) in [5, 5.41) is 0. The van der Waals surface area contributed by atoms with Gasteiger partial charge in [0, 0.05) is 10.7 Å². The van der Waals surface area contributed by atoms with Gasteiger partial charge in [-0.1, -0.05) is 12.1 Å². The molecule has 1 N–H and O–H groups in total. The van der Waals surface area contributed by atoms with Crippen LogP contribution >= 0.6 is 15.9 Å². The number of nitrogens with one attached hydrogen (secondary N) is 1. The summed E-state index contributed by atoms with van der Waals surface area (Å²) in [6.07, 6.45) is 1.57. The molecular weight excluding hydrogens is 328 g/mol. The van der Waals surface area contributed by atoms with E-state index in [0.29, 0.717) is 5.82 Å². The molecule has 0 spiro atoms. The molecular formula is C13H13BrN2O2S. The van der Waals surface area contributed by atoms with Crippen molar-refractivity contribution < 1.29 is 8.42 Å². The molecule has 0 amide bonds. The fraction of sp³-hybridized carbons (Fsp3) is 0.154. The van der Waals surface area contributed by atoms with Gasteiger partial charge in [-0.05, 0) is 59.1 Å². The fourth-order valence-corrected chi connectivity index (χ4v) is 2.89. The van der Waals surface area contributed by atoms with Gasteiger partial charge < -0.3 is 0 Å². The molecule has 0 aliphatic rings. The van der Waals surface area contributed by atoms with Gasteiger partial charge in [0.05, 0.1) is 4.90 Å². The van der Waals surface area contributed by atoms with Crippen LogP contribution < -0.4 is 4.72 Å². The third-order valence-electron chi connectivity index (χ3n) is 2.59. The Morgan fingerprint density at radius 2 is 1.95 bits per heavy atom. The third kappa shape index (κ3) is 3.33. The van der Waals surface area contributed by atoms with Gasteiger partial charge in [0.1, 0.15) is 5.82 Å². The predicted octanol–water partition coefficient (Wildman–Crippen LogP) is 3.26. The minimum absolute atomic E-state index is 0.231. The smallest absolute Gasteiger partial charge is 0.263 e. The maximum Gasteiger partial charge on any atom is 0.263 e. The fourth-order valence-electron chi connectivity index (χ4n) is 1.57. The Morgan fingerprint density at radius 1 is 1.21 bits per heavy atom. The zero-order valence-electron chi connectivity index (χ0n) is 10.5. The van der Waals surface area contributed by atoms with Gasteiger partial charge in [-0.15, -0.1) is 0 Å². The average molecular weight is 341 g/mol. The number of hydrogen-bond acceptors (Lipinski definition) is 3. The van der Waals surface area contributed by atoms with Gasteiger partial charge in [-0.3, -0.25) is 4.72 Å². The molecule has 6 heteroatoms. The molecule has 0 aliphatic carbocycles. The van der Waals surface area contributed by atoms with Crippen LogP contribution in [0.25, 0.3) is 0 Å². The van der Waals surface area contributed by atoms with Crippen molar-refractivity contribution in [1.29, 1.82) is 0 Å². The first kappa shape index (κ1) is 14.0. The van der Waals surface area contributed by atoms with Crippen molar-refractivity contribution in [3.8, 4) is 0 Å². The second-order valence-electron chi connectivity index (χ2n) is 4.24. The summed E-state index contributed by atoms with van der Waals surface area (Å²) >= 11 is 3.32. The number of benzene rings is 1. The molecule has 0 saturated heterocycles. The molecule has 19 heavy (non-hydrogen) atoms. The van der Waals surface area contributed by atoms with Crippen molar-refractivity contribution in [3.05, 3.63) is 52.1 Å². The number of aryl methyl sites for hydroxylation is 2. The lowest BCUT2D eigenvalue weighted by atomic mass is 10.2. The van der Waals surface area contributed by atoms with Crippen LogP contribution in [0.5, 0.6) is 0 Å². The molecule has 1 aromatic heterocycles. The van der Waals surface area contributed by atoms with E-state index >= 15 is 0 Å². The van der Waals surface area contributed by atoms with Crippen molar-refractivity contribution in [2.24, 2.45) is 0 Å². The lowest BCUT2D eigenvalue weighted by Gasteiger charge is -2.09. The summed E-state index contributed by atoms with van der Waals surface area (Å²) in [5.74, 6) is 0.308. The molecule has 2 rings (SSSR count). The topological polar surface area (TPSA) is 59.1 Å². The quantitative estimate of drug-likeness (QED) is 0.932. The van der Waals surface area contributed by atoms with Gasteiger partial charge in [0.25, 0.3) is 10.0 Å². The summed E-state index contributed by atoms with van der Waals surface area (Å²) < 4.78 is 27.7. The van der Waals surface area contributed by atoms with Crippen molar-refractivity contribution in [2.45, 2.75) is 18.7 Å². The Kier molecular flexibility index (Phi) is 3.91. The lowest BCUT2D eigenvalue weighted by Crippen LogP contribution is -2.14. The van der Waals surface area contributed by atoms with Crippen LogP contribution in [0.2, 0.25) is 0 Å². The Morgan fingerprint density at radius 3 is 2.58 bits per heavy atom. The van der Waals surface area contributed by atoms with Crippen LogP contribution in [0, 0.1) is 13.8 Å². The van der Waals surface area contributed by atoms with E-state index in [1.54, 1.807) is 30.5 Å². The molecule has 0 unspecified atom stereocenters. The van der Waals surface area contributed by atoms with E-state index in [1.165, 1.54) is 0 Å². The molecule has 0 saturated carbocycles. The third-order valence-corrected chi connectivity index (χ3v) is 4.77. The van der Waals surface area contributed by atoms with Crippen LogP contribution in [0.15, 0.2) is 45.9 Å². The van der Waals surface area contributed by atoms with E-state index in [4.69, 9.17) is 0 Å². The van der Waals surface area contributed by atoms with E-state index in [9.17, 15) is 8.42 Å². The Balaban J connectivity index is 2.33. The van der Waals surface area contributed by atoms with Crippen molar-refractivity contribution >= 4 is 31.8 Å². The standard InChI is InChI=1S/C13H13BrN2O2S/c1-9-4-3-5-11(6-9)19(17,18)16-13-7-10(2)12(14)8-15-13/h3-8H,1-2H3,(H,15,16). The Bertz CT molecular complexity index is 714. The maximum absolute atomic E-state index is 12.2. The van der Waals surface area contributed by atoms with Gasteiger partial charge >= 0.3 is 0 Å². The number of nitrogens with zero attached hydrogens (tertiary/aromatic N) is 1. The van der Waals surface area contributed by atoms with Crippen molar-refractivity contribution in [1.82, 2.24) is 4.98 Å². The van der Waals surface area contributed by atoms with Gasteiger partial charge in [0.2, 0.25) is 0 Å². The highest BCUT2D eigenvalue weighted by Gasteiger charge is 2.15. The monoisotopic (exact) mass is 340 g/mol. The Labute approximate surface area is 121 Å². The van der Waals surface area contributed by atoms with Gasteiger partial charge in [-0.25, -0.2) is 13.4 Å². The van der Waals surface area contributed by atoms with Crippen LogP contribution in [0.4, 0.5) is 5.82 Å². The number of rotatable bonds is 3. The van der Waals surface area contributed by atoms with Crippen LogP contribution in [0.1, 0.15) is 11.1 Å². The molecule has 0 fully saturated rings. The number of anilines is 1. The van der Waals surface area contributed by atoms with Crippen LogP contribution in [-0.2, 0) is 10.0 Å². The summed E-state index contributed by atoms with van der Waals surface area (Å²) in [6.45, 7) is 3.72. The molecule has 1 aromatic carbocycles. The van der Waals surface area contributed by atoms with Crippen LogP contribution in [0.3, 0.4) is 0 Å². The molecule has 0 bridgehead atoms. The zero-order chi connectivity index (χ0) is 14.0. The molecule has 0 atom stereocenters. The Hall–Kier alpha value is -1.40. The van der Waals surface area contributed by atoms with Crippen molar-refractivity contribution in [3.63, 3.8) is 0 Å². The molecule has 4 nitrogen and oxygen atoms in total. The first-order chi connectivity index (χ1) is 8.88.